The van der Waals surface area contributed by atoms with Gasteiger partial charge in [0, 0.05) is 48.5 Å². The van der Waals surface area contributed by atoms with Crippen molar-refractivity contribution in [3.8, 4) is 0 Å². The van der Waals surface area contributed by atoms with Crippen molar-refractivity contribution in [3.63, 3.8) is 0 Å². The lowest BCUT2D eigenvalue weighted by Gasteiger charge is -2.39. The van der Waals surface area contributed by atoms with Crippen LogP contribution in [0.25, 0.3) is 0 Å². The van der Waals surface area contributed by atoms with E-state index in [9.17, 15) is 0 Å². The summed E-state index contributed by atoms with van der Waals surface area (Å²) < 4.78 is 0. The fourth-order valence-corrected chi connectivity index (χ4v) is 11.2. The highest BCUT2D eigenvalue weighted by Crippen LogP contribution is 2.58. The van der Waals surface area contributed by atoms with Gasteiger partial charge in [-0.25, -0.2) is 0 Å². The average Bonchev–Trinajstić information content (AvgIpc) is 3.77. The molecule has 8 heteroatoms. The van der Waals surface area contributed by atoms with Crippen LogP contribution in [0.4, 0.5) is 0 Å². The van der Waals surface area contributed by atoms with Crippen LogP contribution in [0, 0.1) is 23.2 Å². The highest BCUT2D eigenvalue weighted by Gasteiger charge is 2.48. The number of nitrogens with zero attached hydrogens (tertiary/aromatic N) is 6. The first kappa shape index (κ1) is 36.4. The zero-order valence-corrected chi connectivity index (χ0v) is 33.1. The summed E-state index contributed by atoms with van der Waals surface area (Å²) >= 11 is 0. The molecule has 55 heavy (non-hydrogen) atoms. The number of hydrogen-bond acceptors (Lipinski definition) is 8. The van der Waals surface area contributed by atoms with Gasteiger partial charge < -0.3 is 11.1 Å². The summed E-state index contributed by atoms with van der Waals surface area (Å²) in [6.07, 6.45) is 40.2. The predicted molar refractivity (Wildman–Crippen MR) is 227 cm³/mol. The number of rotatable bonds is 9. The molecule has 1 fully saturated rings. The molecule has 3 N–H and O–H groups in total. The highest BCUT2D eigenvalue weighted by molar-refractivity contribution is 6.16. The first-order valence-electron chi connectivity index (χ1n) is 21.1. The minimum absolute atomic E-state index is 0.0622. The van der Waals surface area contributed by atoms with Crippen LogP contribution < -0.4 is 11.1 Å². The van der Waals surface area contributed by atoms with Crippen molar-refractivity contribution < 1.29 is 0 Å². The molecule has 4 aliphatic heterocycles. The van der Waals surface area contributed by atoms with Crippen molar-refractivity contribution in [3.05, 3.63) is 117 Å². The van der Waals surface area contributed by atoms with Crippen LogP contribution in [0.5, 0.6) is 0 Å². The molecule has 0 amide bonds. The molecule has 0 bridgehead atoms. The standard InChI is InChI=1S/C47H58N8/c1-5-47(6-2)38-27-30(7-11-32-13-17-36(41-29(3)20-22-53-54-41)44-42(32)49-23-25-51-44)9-15-34(38)35-16-10-31(28-39(35)47)8-12-33-14-18-37(45-43(33)50-24-26-52-45)46-40(19-21-48)55(46)4/h7-8,11-14,18-19,21,23,25-29,33,36,40-44,46,50H,5-6,9-10,15-17,20,22,24,48H2,1-4H3/b11-7+,12-8+,21-19-/t29-,33?,36?,40+,41?,42?,43?,44?,46?,55-/m1/s1. The van der Waals surface area contributed by atoms with Gasteiger partial charge in [-0.15, -0.1) is 0 Å². The fraction of sp³-hybridized carbons (Fsp3) is 0.511. The quantitative estimate of drug-likeness (QED) is 0.233. The monoisotopic (exact) mass is 734 g/mol. The van der Waals surface area contributed by atoms with Gasteiger partial charge in [-0.2, -0.15) is 10.2 Å². The molecule has 286 valence electrons. The molecule has 0 aromatic carbocycles. The summed E-state index contributed by atoms with van der Waals surface area (Å²) in [6, 6.07) is 1.32. The van der Waals surface area contributed by atoms with Crippen LogP contribution in [-0.2, 0) is 0 Å². The van der Waals surface area contributed by atoms with E-state index in [-0.39, 0.29) is 35.5 Å². The van der Waals surface area contributed by atoms with Crippen molar-refractivity contribution in [2.45, 2.75) is 108 Å². The van der Waals surface area contributed by atoms with E-state index in [1.54, 1.807) is 28.5 Å². The molecular weight excluding hydrogens is 677 g/mol. The Morgan fingerprint density at radius 3 is 2.45 bits per heavy atom. The van der Waals surface area contributed by atoms with Gasteiger partial charge in [0.1, 0.15) is 0 Å². The Balaban J connectivity index is 0.933. The van der Waals surface area contributed by atoms with Gasteiger partial charge in [0.05, 0.1) is 42.5 Å². The first-order chi connectivity index (χ1) is 27.0. The number of aliphatic imine (C=N–C) groups is 3. The van der Waals surface area contributed by atoms with Gasteiger partial charge in [0.25, 0.3) is 0 Å². The molecule has 4 heterocycles. The summed E-state index contributed by atoms with van der Waals surface area (Å²) in [5.41, 5.74) is 18.9. The van der Waals surface area contributed by atoms with Gasteiger partial charge in [-0.1, -0.05) is 75.5 Å². The van der Waals surface area contributed by atoms with E-state index in [1.165, 1.54) is 28.0 Å². The first-order valence-corrected chi connectivity index (χ1v) is 21.1. The lowest BCUT2D eigenvalue weighted by Crippen LogP contribution is -2.44. The van der Waals surface area contributed by atoms with Crippen LogP contribution in [0.3, 0.4) is 0 Å². The summed E-state index contributed by atoms with van der Waals surface area (Å²) in [7, 11) is 2.17. The number of fused-ring (bicyclic) bond motifs is 3. The second-order valence-corrected chi connectivity index (χ2v) is 17.0. The zero-order chi connectivity index (χ0) is 37.7. The maximum atomic E-state index is 5.75. The average molecular weight is 735 g/mol. The number of azo groups is 1. The van der Waals surface area contributed by atoms with E-state index in [0.717, 1.165) is 64.5 Å². The van der Waals surface area contributed by atoms with E-state index in [1.807, 2.05) is 18.6 Å². The topological polar surface area (TPSA) is 103 Å². The van der Waals surface area contributed by atoms with E-state index in [0.29, 0.717) is 23.9 Å². The molecule has 0 radical (unpaired) electrons. The maximum Gasteiger partial charge on any atom is 0.0973 e. The van der Waals surface area contributed by atoms with Gasteiger partial charge in [0.2, 0.25) is 0 Å². The Kier molecular flexibility index (Phi) is 9.92. The molecule has 9 aliphatic rings. The Bertz CT molecular complexity index is 2020. The summed E-state index contributed by atoms with van der Waals surface area (Å²) in [6.45, 7) is 8.78. The molecule has 8 nitrogen and oxygen atoms in total. The number of hydrogen-bond donors (Lipinski definition) is 2. The van der Waals surface area contributed by atoms with Crippen molar-refractivity contribution in [2.75, 3.05) is 20.1 Å². The van der Waals surface area contributed by atoms with E-state index < -0.39 is 0 Å². The molecule has 0 saturated carbocycles. The second kappa shape index (κ2) is 15.0. The number of nitrogens with one attached hydrogen (secondary N) is 1. The lowest BCUT2D eigenvalue weighted by atomic mass is 9.69. The summed E-state index contributed by atoms with van der Waals surface area (Å²) in [4.78, 5) is 17.3. The zero-order valence-electron chi connectivity index (χ0n) is 33.1. The van der Waals surface area contributed by atoms with Crippen molar-refractivity contribution >= 4 is 18.6 Å². The fourth-order valence-electron chi connectivity index (χ4n) is 11.2. The van der Waals surface area contributed by atoms with Gasteiger partial charge in [-0.05, 0) is 121 Å². The SMILES string of the molecule is CCC1(CC)C2=C(CCC(/C=C/C3=CCC(C4N=NCC[C@H]4C)C4N=CC=NC34)=C2)C2=C1C=C(/C=C/C1C=CC(C3[C@H](/C=C\N)[N@@]3C)=C3N=CCNC31)CC2. The van der Waals surface area contributed by atoms with Crippen LogP contribution in [0.1, 0.15) is 72.1 Å². The summed E-state index contributed by atoms with van der Waals surface area (Å²) in [5, 5.41) is 12.9. The summed E-state index contributed by atoms with van der Waals surface area (Å²) in [5.74, 6) is 1.16. The van der Waals surface area contributed by atoms with Crippen LogP contribution in [0.15, 0.2) is 142 Å². The van der Waals surface area contributed by atoms with Gasteiger partial charge >= 0.3 is 0 Å². The molecule has 7 unspecified atom stereocenters. The number of allylic oxidation sites excluding steroid dienone is 11. The predicted octanol–water partition coefficient (Wildman–Crippen LogP) is 8.29. The molecule has 0 spiro atoms. The minimum atomic E-state index is 0.0622. The van der Waals surface area contributed by atoms with E-state index in [4.69, 9.17) is 25.8 Å². The number of nitrogens with two attached hydrogens (primary N) is 1. The Hall–Kier alpha value is -4.27. The Morgan fingerprint density at radius 1 is 0.945 bits per heavy atom. The molecule has 0 aromatic heterocycles. The minimum Gasteiger partial charge on any atom is -0.405 e. The maximum absolute atomic E-state index is 5.75. The molecule has 10 atom stereocenters. The Morgan fingerprint density at radius 2 is 1.71 bits per heavy atom. The van der Waals surface area contributed by atoms with Crippen LogP contribution >= 0.6 is 0 Å². The van der Waals surface area contributed by atoms with Crippen molar-refractivity contribution in [2.24, 2.45) is 54.1 Å². The van der Waals surface area contributed by atoms with Crippen LogP contribution in [0.2, 0.25) is 0 Å². The molecule has 1 saturated heterocycles. The molecule has 0 aromatic rings. The largest absolute Gasteiger partial charge is 0.405 e. The second-order valence-electron chi connectivity index (χ2n) is 17.0. The normalized spacial score (nSPS) is 37.4. The van der Waals surface area contributed by atoms with Crippen molar-refractivity contribution in [1.82, 2.24) is 10.2 Å². The van der Waals surface area contributed by atoms with E-state index >= 15 is 0 Å². The van der Waals surface area contributed by atoms with Gasteiger partial charge in [0.15, 0.2) is 0 Å². The highest BCUT2D eigenvalue weighted by atomic mass is 15.3. The smallest absolute Gasteiger partial charge is 0.0973 e. The van der Waals surface area contributed by atoms with Gasteiger partial charge in [-0.3, -0.25) is 19.9 Å². The third kappa shape index (κ3) is 6.33. The Labute approximate surface area is 327 Å². The lowest BCUT2D eigenvalue weighted by molar-refractivity contribution is 0.234. The molecular formula is C47H58N8. The van der Waals surface area contributed by atoms with Crippen molar-refractivity contribution in [1.29, 1.82) is 0 Å². The van der Waals surface area contributed by atoms with E-state index in [2.05, 4.69) is 104 Å². The third-order valence-corrected chi connectivity index (χ3v) is 14.4. The third-order valence-electron chi connectivity index (χ3n) is 14.4. The number of likely N-dealkylation sites (N-methyl/N-ethyl adjacent to an activating group) is 1. The molecule has 9 rings (SSSR count). The molecule has 5 aliphatic carbocycles. The van der Waals surface area contributed by atoms with Crippen LogP contribution in [-0.4, -0.2) is 79.9 Å².